The first kappa shape index (κ1) is 20.4. The van der Waals surface area contributed by atoms with Gasteiger partial charge in [0.25, 0.3) is 5.91 Å². The van der Waals surface area contributed by atoms with E-state index in [0.717, 1.165) is 39.6 Å². The highest BCUT2D eigenvalue weighted by Gasteiger charge is 2.16. The maximum Gasteiger partial charge on any atom is 0.290 e. The molecule has 4 aromatic rings. The fraction of sp³-hybridized carbons (Fsp3) is 0.208. The van der Waals surface area contributed by atoms with Crippen molar-refractivity contribution in [3.63, 3.8) is 0 Å². The first-order valence-electron chi connectivity index (χ1n) is 10.0. The Morgan fingerprint density at radius 1 is 1.10 bits per heavy atom. The van der Waals surface area contributed by atoms with E-state index in [1.165, 1.54) is 0 Å². The minimum absolute atomic E-state index is 0.296. The van der Waals surface area contributed by atoms with Crippen LogP contribution in [0.25, 0.3) is 11.3 Å². The number of pyridine rings is 1. The van der Waals surface area contributed by atoms with E-state index in [-0.39, 0.29) is 5.91 Å². The van der Waals surface area contributed by atoms with E-state index >= 15 is 0 Å². The third kappa shape index (κ3) is 3.82. The number of carbonyl (C=O) groups is 1. The number of hydrogen-bond acceptors (Lipinski definition) is 4. The van der Waals surface area contributed by atoms with Gasteiger partial charge in [-0.2, -0.15) is 5.10 Å². The third-order valence-corrected chi connectivity index (χ3v) is 5.33. The predicted molar refractivity (Wildman–Crippen MR) is 122 cm³/mol. The lowest BCUT2D eigenvalue weighted by Crippen LogP contribution is -2.20. The van der Waals surface area contributed by atoms with E-state index in [4.69, 9.17) is 4.74 Å². The van der Waals surface area contributed by atoms with Gasteiger partial charge in [-0.3, -0.25) is 9.20 Å². The van der Waals surface area contributed by atoms with E-state index < -0.39 is 0 Å². The molecule has 3 heterocycles. The first-order chi connectivity index (χ1) is 14.9. The molecule has 0 saturated heterocycles. The fourth-order valence-electron chi connectivity index (χ4n) is 3.80. The molecule has 0 atom stereocenters. The molecule has 0 saturated carbocycles. The van der Waals surface area contributed by atoms with Gasteiger partial charge in [-0.1, -0.05) is 6.07 Å². The van der Waals surface area contributed by atoms with Crippen molar-refractivity contribution in [3.8, 4) is 11.4 Å². The van der Waals surface area contributed by atoms with Gasteiger partial charge in [-0.25, -0.2) is 10.4 Å². The molecular weight excluding hydrogens is 390 g/mol. The lowest BCUT2D eigenvalue weighted by Gasteiger charge is -2.10. The van der Waals surface area contributed by atoms with Gasteiger partial charge in [0.2, 0.25) is 0 Å². The zero-order valence-electron chi connectivity index (χ0n) is 18.3. The number of carbonyl (C=O) groups excluding carboxylic acids is 1. The number of hydrazone groups is 1. The Hall–Kier alpha value is -3.87. The van der Waals surface area contributed by atoms with Crippen molar-refractivity contribution in [2.45, 2.75) is 27.7 Å². The number of aryl methyl sites for hydroxylation is 3. The van der Waals surface area contributed by atoms with Crippen molar-refractivity contribution >= 4 is 17.8 Å². The van der Waals surface area contributed by atoms with Crippen LogP contribution in [0.1, 0.15) is 38.7 Å². The molecule has 7 heteroatoms. The fourth-order valence-corrected chi connectivity index (χ4v) is 3.80. The third-order valence-electron chi connectivity index (χ3n) is 5.33. The van der Waals surface area contributed by atoms with Gasteiger partial charge < -0.3 is 9.30 Å². The molecule has 0 bridgehead atoms. The van der Waals surface area contributed by atoms with Gasteiger partial charge >= 0.3 is 0 Å². The number of methoxy groups -OCH3 is 1. The number of amides is 1. The van der Waals surface area contributed by atoms with Crippen LogP contribution < -0.4 is 10.2 Å². The topological polar surface area (TPSA) is 72.9 Å². The number of imidazole rings is 1. The first-order valence-corrected chi connectivity index (χ1v) is 10.0. The second-order valence-electron chi connectivity index (χ2n) is 7.54. The molecule has 0 spiro atoms. The van der Waals surface area contributed by atoms with Crippen LogP contribution in [0, 0.1) is 27.7 Å². The van der Waals surface area contributed by atoms with Gasteiger partial charge in [-0.15, -0.1) is 0 Å². The van der Waals surface area contributed by atoms with Crippen LogP contribution in [0.5, 0.6) is 5.75 Å². The van der Waals surface area contributed by atoms with Crippen LogP contribution in [0.3, 0.4) is 0 Å². The monoisotopic (exact) mass is 415 g/mol. The zero-order valence-corrected chi connectivity index (χ0v) is 18.3. The quantitative estimate of drug-likeness (QED) is 0.393. The second-order valence-corrected chi connectivity index (χ2v) is 7.54. The standard InChI is InChI=1S/C24H25N5O2/c1-15-6-11-22-26-17(3)23(28(22)14-15)24(30)27-25-13-19-12-16(2)29(18(19)4)20-7-9-21(31-5)10-8-20/h6-14H,1-5H3,(H,27,30)/b25-13-. The van der Waals surface area contributed by atoms with Crippen molar-refractivity contribution in [3.05, 3.63) is 82.6 Å². The number of hydrogen-bond donors (Lipinski definition) is 1. The molecule has 7 nitrogen and oxygen atoms in total. The summed E-state index contributed by atoms with van der Waals surface area (Å²) in [5.74, 6) is 0.518. The summed E-state index contributed by atoms with van der Waals surface area (Å²) in [5.41, 5.74) is 9.65. The van der Waals surface area contributed by atoms with Crippen LogP contribution >= 0.6 is 0 Å². The van der Waals surface area contributed by atoms with E-state index in [1.54, 1.807) is 17.7 Å². The molecule has 0 aliphatic rings. The Morgan fingerprint density at radius 3 is 2.55 bits per heavy atom. The van der Waals surface area contributed by atoms with Crippen LogP contribution in [0.15, 0.2) is 53.8 Å². The summed E-state index contributed by atoms with van der Waals surface area (Å²) in [7, 11) is 1.65. The predicted octanol–water partition coefficient (Wildman–Crippen LogP) is 4.13. The lowest BCUT2D eigenvalue weighted by molar-refractivity contribution is 0.0948. The molecule has 0 aliphatic heterocycles. The summed E-state index contributed by atoms with van der Waals surface area (Å²) < 4.78 is 9.18. The van der Waals surface area contributed by atoms with Gasteiger partial charge in [0.15, 0.2) is 0 Å². The number of benzene rings is 1. The highest BCUT2D eigenvalue weighted by Crippen LogP contribution is 2.22. The van der Waals surface area contributed by atoms with Crippen LogP contribution in [0.4, 0.5) is 0 Å². The van der Waals surface area contributed by atoms with E-state index in [2.05, 4.69) is 20.1 Å². The van der Waals surface area contributed by atoms with E-state index in [9.17, 15) is 4.79 Å². The molecule has 1 amide bonds. The second kappa shape index (κ2) is 8.10. The van der Waals surface area contributed by atoms with Crippen molar-refractivity contribution in [1.29, 1.82) is 0 Å². The Labute approximate surface area is 181 Å². The molecule has 1 N–H and O–H groups in total. The molecule has 3 aromatic heterocycles. The molecule has 0 radical (unpaired) electrons. The summed E-state index contributed by atoms with van der Waals surface area (Å²) in [6.07, 6.45) is 3.57. The Bertz CT molecular complexity index is 1300. The van der Waals surface area contributed by atoms with Gasteiger partial charge in [0.05, 0.1) is 19.0 Å². The summed E-state index contributed by atoms with van der Waals surface area (Å²) >= 11 is 0. The SMILES string of the molecule is COc1ccc(-n2c(C)cc(/C=N\NC(=O)c3c(C)nc4ccc(C)cn34)c2C)cc1. The molecule has 4 rings (SSSR count). The van der Waals surface area contributed by atoms with Crippen LogP contribution in [-0.4, -0.2) is 33.2 Å². The molecule has 31 heavy (non-hydrogen) atoms. The minimum Gasteiger partial charge on any atom is -0.497 e. The maximum atomic E-state index is 12.8. The van der Waals surface area contributed by atoms with Crippen LogP contribution in [-0.2, 0) is 0 Å². The summed E-state index contributed by atoms with van der Waals surface area (Å²) in [6, 6.07) is 13.8. The number of fused-ring (bicyclic) bond motifs is 1. The molecule has 0 unspecified atom stereocenters. The number of rotatable bonds is 5. The van der Waals surface area contributed by atoms with Crippen molar-refractivity contribution in [2.24, 2.45) is 5.10 Å². The molecule has 0 fully saturated rings. The lowest BCUT2D eigenvalue weighted by atomic mass is 10.2. The normalized spacial score (nSPS) is 11.4. The highest BCUT2D eigenvalue weighted by atomic mass is 16.5. The van der Waals surface area contributed by atoms with Crippen LogP contribution in [0.2, 0.25) is 0 Å². The average Bonchev–Trinajstić information content (AvgIpc) is 3.22. The zero-order chi connectivity index (χ0) is 22.1. The van der Waals surface area contributed by atoms with Crippen molar-refractivity contribution < 1.29 is 9.53 Å². The molecular formula is C24H25N5O2. The van der Waals surface area contributed by atoms with Gasteiger partial charge in [0.1, 0.15) is 17.1 Å². The Balaban J connectivity index is 1.56. The van der Waals surface area contributed by atoms with E-state index in [1.807, 2.05) is 76.4 Å². The summed E-state index contributed by atoms with van der Waals surface area (Å²) in [4.78, 5) is 17.2. The number of nitrogens with zero attached hydrogens (tertiary/aromatic N) is 4. The number of ether oxygens (including phenoxy) is 1. The molecule has 1 aromatic carbocycles. The highest BCUT2D eigenvalue weighted by molar-refractivity contribution is 5.95. The minimum atomic E-state index is -0.296. The van der Waals surface area contributed by atoms with Gasteiger partial charge in [0, 0.05) is 28.8 Å². The number of nitrogens with one attached hydrogen (secondary N) is 1. The number of aromatic nitrogens is 3. The Morgan fingerprint density at radius 2 is 1.84 bits per heavy atom. The maximum absolute atomic E-state index is 12.8. The molecule has 158 valence electrons. The van der Waals surface area contributed by atoms with Crippen molar-refractivity contribution in [2.75, 3.05) is 7.11 Å². The Kier molecular flexibility index (Phi) is 5.33. The molecule has 0 aliphatic carbocycles. The average molecular weight is 415 g/mol. The van der Waals surface area contributed by atoms with Gasteiger partial charge in [-0.05, 0) is 69.7 Å². The smallest absolute Gasteiger partial charge is 0.290 e. The van der Waals surface area contributed by atoms with Crippen molar-refractivity contribution in [1.82, 2.24) is 19.4 Å². The summed E-state index contributed by atoms with van der Waals surface area (Å²) in [6.45, 7) is 7.87. The van der Waals surface area contributed by atoms with E-state index in [0.29, 0.717) is 11.4 Å². The summed E-state index contributed by atoms with van der Waals surface area (Å²) in [5, 5.41) is 4.21. The largest absolute Gasteiger partial charge is 0.497 e.